The fourth-order valence-electron chi connectivity index (χ4n) is 3.35. The summed E-state index contributed by atoms with van der Waals surface area (Å²) in [5.41, 5.74) is 0.539. The molecule has 3 atom stereocenters. The molecule has 2 aliphatic rings. The quantitative estimate of drug-likeness (QED) is 0.824. The van der Waals surface area contributed by atoms with E-state index in [9.17, 15) is 0 Å². The highest BCUT2D eigenvalue weighted by Crippen LogP contribution is 2.32. The summed E-state index contributed by atoms with van der Waals surface area (Å²) in [5, 5.41) is 3.50. The second-order valence-electron chi connectivity index (χ2n) is 6.07. The molecule has 0 radical (unpaired) electrons. The lowest BCUT2D eigenvalue weighted by Gasteiger charge is -2.32. The highest BCUT2D eigenvalue weighted by molar-refractivity contribution is 5.85. The van der Waals surface area contributed by atoms with Crippen LogP contribution >= 0.6 is 12.4 Å². The minimum absolute atomic E-state index is 0. The van der Waals surface area contributed by atoms with Gasteiger partial charge in [-0.15, -0.1) is 12.4 Å². The average molecular weight is 247 g/mol. The molecule has 0 aromatic rings. The largest absolute Gasteiger partial charge is 0.316 e. The highest BCUT2D eigenvalue weighted by atomic mass is 35.5. The Kier molecular flexibility index (Phi) is 5.09. The summed E-state index contributed by atoms with van der Waals surface area (Å²) < 4.78 is 0. The Bertz CT molecular complexity index is 214. The SMILES string of the molecule is CCC1CC(C)CN1CC1(C)CCNC1.Cl. The van der Waals surface area contributed by atoms with Crippen molar-refractivity contribution in [3.63, 3.8) is 0 Å². The molecule has 0 aromatic carbocycles. The molecule has 96 valence electrons. The van der Waals surface area contributed by atoms with E-state index >= 15 is 0 Å². The molecule has 2 heterocycles. The van der Waals surface area contributed by atoms with Crippen LogP contribution in [0.2, 0.25) is 0 Å². The number of hydrogen-bond acceptors (Lipinski definition) is 2. The molecular formula is C13H27ClN2. The fourth-order valence-corrected chi connectivity index (χ4v) is 3.35. The Labute approximate surface area is 107 Å². The number of rotatable bonds is 3. The Balaban J connectivity index is 0.00000128. The van der Waals surface area contributed by atoms with E-state index in [1.807, 2.05) is 0 Å². The molecule has 16 heavy (non-hydrogen) atoms. The van der Waals surface area contributed by atoms with E-state index in [4.69, 9.17) is 0 Å². The van der Waals surface area contributed by atoms with Crippen LogP contribution in [0.4, 0.5) is 0 Å². The first-order valence-corrected chi connectivity index (χ1v) is 6.58. The van der Waals surface area contributed by atoms with E-state index in [-0.39, 0.29) is 12.4 Å². The minimum atomic E-state index is 0. The zero-order valence-corrected chi connectivity index (χ0v) is 11.8. The van der Waals surface area contributed by atoms with E-state index < -0.39 is 0 Å². The maximum atomic E-state index is 3.50. The molecule has 0 saturated carbocycles. The predicted molar refractivity (Wildman–Crippen MR) is 72.3 cm³/mol. The lowest BCUT2D eigenvalue weighted by molar-refractivity contribution is 0.160. The van der Waals surface area contributed by atoms with Crippen LogP contribution in [0.25, 0.3) is 0 Å². The predicted octanol–water partition coefficient (Wildman–Crippen LogP) is 2.53. The van der Waals surface area contributed by atoms with Crippen molar-refractivity contribution in [2.75, 3.05) is 26.2 Å². The van der Waals surface area contributed by atoms with Crippen molar-refractivity contribution in [2.45, 2.75) is 46.1 Å². The van der Waals surface area contributed by atoms with Crippen molar-refractivity contribution in [3.05, 3.63) is 0 Å². The molecule has 2 nitrogen and oxygen atoms in total. The molecule has 3 heteroatoms. The van der Waals surface area contributed by atoms with Crippen molar-refractivity contribution < 1.29 is 0 Å². The summed E-state index contributed by atoms with van der Waals surface area (Å²) in [7, 11) is 0. The molecule has 1 N–H and O–H groups in total. The topological polar surface area (TPSA) is 15.3 Å². The zero-order valence-electron chi connectivity index (χ0n) is 11.0. The highest BCUT2D eigenvalue weighted by Gasteiger charge is 2.36. The molecule has 3 unspecified atom stereocenters. The van der Waals surface area contributed by atoms with Crippen LogP contribution < -0.4 is 5.32 Å². The number of nitrogens with zero attached hydrogens (tertiary/aromatic N) is 1. The van der Waals surface area contributed by atoms with Crippen molar-refractivity contribution in [2.24, 2.45) is 11.3 Å². The van der Waals surface area contributed by atoms with Gasteiger partial charge in [0.1, 0.15) is 0 Å². The summed E-state index contributed by atoms with van der Waals surface area (Å²) in [6, 6.07) is 0.859. The van der Waals surface area contributed by atoms with Crippen LogP contribution in [0.15, 0.2) is 0 Å². The van der Waals surface area contributed by atoms with Crippen molar-refractivity contribution in [1.29, 1.82) is 0 Å². The first-order chi connectivity index (χ1) is 7.13. The maximum Gasteiger partial charge on any atom is 0.00959 e. The van der Waals surface area contributed by atoms with Crippen molar-refractivity contribution in [1.82, 2.24) is 10.2 Å². The summed E-state index contributed by atoms with van der Waals surface area (Å²) in [6.45, 7) is 12.3. The third-order valence-electron chi connectivity index (χ3n) is 4.25. The summed E-state index contributed by atoms with van der Waals surface area (Å²) in [6.07, 6.45) is 4.10. The van der Waals surface area contributed by atoms with Crippen LogP contribution in [0.1, 0.15) is 40.0 Å². The molecule has 0 spiro atoms. The van der Waals surface area contributed by atoms with E-state index in [0.717, 1.165) is 12.0 Å². The van der Waals surface area contributed by atoms with Gasteiger partial charge >= 0.3 is 0 Å². The molecule has 0 amide bonds. The second-order valence-corrected chi connectivity index (χ2v) is 6.07. The van der Waals surface area contributed by atoms with Gasteiger partial charge < -0.3 is 5.32 Å². The lowest BCUT2D eigenvalue weighted by atomic mass is 9.89. The standard InChI is InChI=1S/C13H26N2.ClH/c1-4-12-7-11(2)8-15(12)10-13(3)5-6-14-9-13;/h11-12,14H,4-10H2,1-3H3;1H. The van der Waals surface area contributed by atoms with Gasteiger partial charge in [-0.25, -0.2) is 0 Å². The van der Waals surface area contributed by atoms with Crippen molar-refractivity contribution in [3.8, 4) is 0 Å². The Morgan fingerprint density at radius 3 is 2.75 bits per heavy atom. The van der Waals surface area contributed by atoms with E-state index in [0.29, 0.717) is 5.41 Å². The van der Waals surface area contributed by atoms with Gasteiger partial charge in [0, 0.05) is 25.7 Å². The van der Waals surface area contributed by atoms with Crippen LogP contribution in [0.5, 0.6) is 0 Å². The van der Waals surface area contributed by atoms with E-state index in [2.05, 4.69) is 31.0 Å². The summed E-state index contributed by atoms with van der Waals surface area (Å²) >= 11 is 0. The average Bonchev–Trinajstić information content (AvgIpc) is 2.73. The van der Waals surface area contributed by atoms with Crippen LogP contribution in [0, 0.1) is 11.3 Å². The lowest BCUT2D eigenvalue weighted by Crippen LogP contribution is -2.40. The molecule has 2 saturated heterocycles. The second kappa shape index (κ2) is 5.70. The van der Waals surface area contributed by atoms with Crippen LogP contribution in [-0.2, 0) is 0 Å². The molecule has 0 aliphatic carbocycles. The van der Waals surface area contributed by atoms with E-state index in [1.165, 1.54) is 45.4 Å². The van der Waals surface area contributed by atoms with E-state index in [1.54, 1.807) is 0 Å². The molecular weight excluding hydrogens is 220 g/mol. The summed E-state index contributed by atoms with van der Waals surface area (Å²) in [4.78, 5) is 2.75. The zero-order chi connectivity index (χ0) is 10.9. The Hall–Kier alpha value is 0.210. The molecule has 2 aliphatic heterocycles. The van der Waals surface area contributed by atoms with Gasteiger partial charge in [-0.05, 0) is 37.1 Å². The van der Waals surface area contributed by atoms with Gasteiger partial charge in [0.2, 0.25) is 0 Å². The van der Waals surface area contributed by atoms with Crippen molar-refractivity contribution >= 4 is 12.4 Å². The van der Waals surface area contributed by atoms with Gasteiger partial charge in [-0.1, -0.05) is 20.8 Å². The number of nitrogens with one attached hydrogen (secondary N) is 1. The molecule has 2 fully saturated rings. The van der Waals surface area contributed by atoms with Crippen LogP contribution in [-0.4, -0.2) is 37.1 Å². The molecule has 0 aromatic heterocycles. The van der Waals surface area contributed by atoms with Gasteiger partial charge in [0.05, 0.1) is 0 Å². The summed E-state index contributed by atoms with van der Waals surface area (Å²) in [5.74, 6) is 0.910. The Morgan fingerprint density at radius 2 is 2.19 bits per heavy atom. The third-order valence-corrected chi connectivity index (χ3v) is 4.25. The smallest absolute Gasteiger partial charge is 0.00959 e. The first kappa shape index (κ1) is 14.3. The maximum absolute atomic E-state index is 3.50. The number of likely N-dealkylation sites (tertiary alicyclic amines) is 1. The monoisotopic (exact) mass is 246 g/mol. The number of halogens is 1. The normalized spacial score (nSPS) is 39.9. The minimum Gasteiger partial charge on any atom is -0.316 e. The number of hydrogen-bond donors (Lipinski definition) is 1. The Morgan fingerprint density at radius 1 is 1.44 bits per heavy atom. The fraction of sp³-hybridized carbons (Fsp3) is 1.00. The van der Waals surface area contributed by atoms with Gasteiger partial charge in [0.25, 0.3) is 0 Å². The molecule has 0 bridgehead atoms. The molecule has 2 rings (SSSR count). The van der Waals surface area contributed by atoms with Gasteiger partial charge in [0.15, 0.2) is 0 Å². The van der Waals surface area contributed by atoms with Crippen LogP contribution in [0.3, 0.4) is 0 Å². The van der Waals surface area contributed by atoms with Gasteiger partial charge in [-0.2, -0.15) is 0 Å². The third kappa shape index (κ3) is 3.12. The van der Waals surface area contributed by atoms with Gasteiger partial charge in [-0.3, -0.25) is 4.90 Å². The first-order valence-electron chi connectivity index (χ1n) is 6.58.